The maximum absolute atomic E-state index is 12.5. The number of fused-ring (bicyclic) bond motifs is 1. The smallest absolute Gasteiger partial charge is 0.332 e. The highest BCUT2D eigenvalue weighted by Gasteiger charge is 2.16. The van der Waals surface area contributed by atoms with Crippen LogP contribution < -0.4 is 11.2 Å². The first kappa shape index (κ1) is 21.2. The average molecular weight is 426 g/mol. The van der Waals surface area contributed by atoms with Gasteiger partial charge in [-0.15, -0.1) is 12.4 Å². The van der Waals surface area contributed by atoms with Gasteiger partial charge in [-0.25, -0.2) is 9.78 Å². The third-order valence-corrected chi connectivity index (χ3v) is 5.05. The zero-order chi connectivity index (χ0) is 19.7. The van der Waals surface area contributed by atoms with E-state index in [1.807, 2.05) is 0 Å². The van der Waals surface area contributed by atoms with Crippen LogP contribution in [0.4, 0.5) is 0 Å². The Morgan fingerprint density at radius 2 is 1.83 bits per heavy atom. The van der Waals surface area contributed by atoms with Crippen LogP contribution in [-0.2, 0) is 38.2 Å². The molecule has 0 bridgehead atoms. The molecule has 0 spiro atoms. The molecule has 1 aliphatic heterocycles. The fraction of sp³-hybridized carbons (Fsp3) is 0.588. The van der Waals surface area contributed by atoms with Crippen molar-refractivity contribution in [2.75, 3.05) is 32.8 Å². The Hall–Kier alpha value is -2.50. The Morgan fingerprint density at radius 3 is 2.59 bits per heavy atom. The summed E-state index contributed by atoms with van der Waals surface area (Å²) in [5.41, 5.74) is -0.00575. The summed E-state index contributed by atoms with van der Waals surface area (Å²) in [6.45, 7) is 4.70. The monoisotopic (exact) mass is 425 g/mol. The van der Waals surface area contributed by atoms with E-state index in [1.165, 1.54) is 11.6 Å². The number of hydrogen-bond acceptors (Lipinski definition) is 8. The highest BCUT2D eigenvalue weighted by molar-refractivity contribution is 5.85. The molecule has 12 heteroatoms. The number of aryl methyl sites for hydroxylation is 3. The molecule has 1 aliphatic rings. The zero-order valence-electron chi connectivity index (χ0n) is 16.4. The molecule has 0 atom stereocenters. The normalized spacial score (nSPS) is 15.0. The van der Waals surface area contributed by atoms with Crippen LogP contribution in [0.25, 0.3) is 11.2 Å². The van der Waals surface area contributed by atoms with Gasteiger partial charge in [-0.3, -0.25) is 18.8 Å². The van der Waals surface area contributed by atoms with E-state index in [1.54, 1.807) is 17.9 Å². The summed E-state index contributed by atoms with van der Waals surface area (Å²) in [5.74, 6) is 1.19. The van der Waals surface area contributed by atoms with Gasteiger partial charge in [0, 0.05) is 53.1 Å². The highest BCUT2D eigenvalue weighted by Crippen LogP contribution is 2.08. The Morgan fingerprint density at radius 1 is 1.07 bits per heavy atom. The van der Waals surface area contributed by atoms with Crippen LogP contribution in [0.1, 0.15) is 11.7 Å². The van der Waals surface area contributed by atoms with Gasteiger partial charge in [-0.1, -0.05) is 5.16 Å². The molecule has 0 N–H and O–H groups in total. The van der Waals surface area contributed by atoms with Gasteiger partial charge in [0.25, 0.3) is 5.56 Å². The van der Waals surface area contributed by atoms with Gasteiger partial charge >= 0.3 is 5.69 Å². The van der Waals surface area contributed by atoms with E-state index in [-0.39, 0.29) is 18.0 Å². The van der Waals surface area contributed by atoms with Crippen LogP contribution >= 0.6 is 12.4 Å². The Balaban J connectivity index is 0.00000240. The fourth-order valence-corrected chi connectivity index (χ4v) is 3.36. The topological polar surface area (TPSA) is 113 Å². The van der Waals surface area contributed by atoms with Crippen molar-refractivity contribution in [3.63, 3.8) is 0 Å². The van der Waals surface area contributed by atoms with Crippen LogP contribution in [0.5, 0.6) is 0 Å². The zero-order valence-corrected chi connectivity index (χ0v) is 17.2. The molecule has 0 saturated carbocycles. The largest absolute Gasteiger partial charge is 0.379 e. The average Bonchev–Trinajstić information content (AvgIpc) is 3.35. The standard InChI is InChI=1S/C17H23N7O4.ClH/c1-21-15-14(16(25)22(2)17(21)26)24(11-18-15)6-3-12-19-13(28-20-12)4-5-23-7-9-27-10-8-23;/h11H,3-10H2,1-2H3;1H. The number of morpholine rings is 1. The van der Waals surface area contributed by atoms with Crippen molar-refractivity contribution in [3.05, 3.63) is 38.9 Å². The van der Waals surface area contributed by atoms with E-state index in [2.05, 4.69) is 20.0 Å². The van der Waals surface area contributed by atoms with Gasteiger partial charge in [0.2, 0.25) is 5.89 Å². The molecule has 0 unspecified atom stereocenters. The van der Waals surface area contributed by atoms with Crippen LogP contribution in [0.2, 0.25) is 0 Å². The van der Waals surface area contributed by atoms with Crippen molar-refractivity contribution >= 4 is 23.6 Å². The lowest BCUT2D eigenvalue weighted by molar-refractivity contribution is 0.0375. The predicted molar refractivity (Wildman–Crippen MR) is 106 cm³/mol. The van der Waals surface area contributed by atoms with Gasteiger partial charge in [0.15, 0.2) is 17.0 Å². The molecule has 0 aliphatic carbocycles. The Kier molecular flexibility index (Phi) is 6.50. The first-order valence-corrected chi connectivity index (χ1v) is 9.27. The molecule has 0 radical (unpaired) electrons. The molecule has 0 aromatic carbocycles. The second kappa shape index (κ2) is 8.89. The van der Waals surface area contributed by atoms with Crippen LogP contribution in [0.3, 0.4) is 0 Å². The second-order valence-electron chi connectivity index (χ2n) is 6.87. The van der Waals surface area contributed by atoms with Crippen molar-refractivity contribution in [1.82, 2.24) is 33.7 Å². The van der Waals surface area contributed by atoms with E-state index in [0.717, 1.165) is 37.4 Å². The summed E-state index contributed by atoms with van der Waals surface area (Å²) in [6, 6.07) is 0. The molecule has 3 aromatic heterocycles. The summed E-state index contributed by atoms with van der Waals surface area (Å²) in [5, 5.41) is 4.03. The quantitative estimate of drug-likeness (QED) is 0.512. The third kappa shape index (κ3) is 4.26. The Bertz CT molecular complexity index is 1090. The van der Waals surface area contributed by atoms with Crippen molar-refractivity contribution in [2.24, 2.45) is 14.1 Å². The minimum absolute atomic E-state index is 0. The van der Waals surface area contributed by atoms with Gasteiger partial charge in [0.1, 0.15) is 0 Å². The first-order valence-electron chi connectivity index (χ1n) is 9.27. The number of halogens is 1. The maximum atomic E-state index is 12.5. The van der Waals surface area contributed by atoms with Crippen LogP contribution in [0.15, 0.2) is 20.4 Å². The molecule has 1 saturated heterocycles. The van der Waals surface area contributed by atoms with Gasteiger partial charge in [0.05, 0.1) is 19.5 Å². The lowest BCUT2D eigenvalue weighted by Gasteiger charge is -2.25. The van der Waals surface area contributed by atoms with Gasteiger partial charge < -0.3 is 13.8 Å². The SMILES string of the molecule is Cl.Cn1c(=O)c2c(ncn2CCc2noc(CCN3CCOCC3)n2)n(C)c1=O. The number of rotatable bonds is 6. The summed E-state index contributed by atoms with van der Waals surface area (Å²) in [7, 11) is 3.06. The summed E-state index contributed by atoms with van der Waals surface area (Å²) >= 11 is 0. The lowest BCUT2D eigenvalue weighted by atomic mass is 10.3. The fourth-order valence-electron chi connectivity index (χ4n) is 3.36. The molecule has 158 valence electrons. The summed E-state index contributed by atoms with van der Waals surface area (Å²) < 4.78 is 14.8. The third-order valence-electron chi connectivity index (χ3n) is 5.05. The second-order valence-corrected chi connectivity index (χ2v) is 6.87. The van der Waals surface area contributed by atoms with Crippen LogP contribution in [0, 0.1) is 0 Å². The predicted octanol–water partition coefficient (Wildman–Crippen LogP) is -0.644. The molecule has 0 amide bonds. The van der Waals surface area contributed by atoms with Gasteiger partial charge in [-0.2, -0.15) is 4.98 Å². The van der Waals surface area contributed by atoms with Crippen molar-refractivity contribution in [2.45, 2.75) is 19.4 Å². The molecule has 29 heavy (non-hydrogen) atoms. The Labute approximate surface area is 172 Å². The number of aromatic nitrogens is 6. The molecule has 3 aromatic rings. The summed E-state index contributed by atoms with van der Waals surface area (Å²) in [6.07, 6.45) is 2.76. The summed E-state index contributed by atoms with van der Waals surface area (Å²) in [4.78, 5) is 35.4. The van der Waals surface area contributed by atoms with Crippen molar-refractivity contribution in [1.29, 1.82) is 0 Å². The van der Waals surface area contributed by atoms with Gasteiger partial charge in [-0.05, 0) is 0 Å². The van der Waals surface area contributed by atoms with Crippen molar-refractivity contribution in [3.8, 4) is 0 Å². The number of ether oxygens (including phenoxy) is 1. The van der Waals surface area contributed by atoms with Crippen LogP contribution in [-0.4, -0.2) is 66.6 Å². The molecular weight excluding hydrogens is 402 g/mol. The molecule has 11 nitrogen and oxygen atoms in total. The number of hydrogen-bond donors (Lipinski definition) is 0. The molecule has 1 fully saturated rings. The molecular formula is C17H24ClN7O4. The molecule has 4 rings (SSSR count). The maximum Gasteiger partial charge on any atom is 0.332 e. The van der Waals surface area contributed by atoms with Crippen molar-refractivity contribution < 1.29 is 9.26 Å². The number of imidazole rings is 1. The van der Waals surface area contributed by atoms with E-state index in [4.69, 9.17) is 9.26 Å². The highest BCUT2D eigenvalue weighted by atomic mass is 35.5. The molecule has 4 heterocycles. The minimum atomic E-state index is -0.397. The van der Waals surface area contributed by atoms with E-state index < -0.39 is 5.69 Å². The van der Waals surface area contributed by atoms with E-state index >= 15 is 0 Å². The number of nitrogens with zero attached hydrogens (tertiary/aromatic N) is 7. The van der Waals surface area contributed by atoms with E-state index in [0.29, 0.717) is 42.3 Å². The lowest BCUT2D eigenvalue weighted by Crippen LogP contribution is -2.37. The minimum Gasteiger partial charge on any atom is -0.379 e. The first-order chi connectivity index (χ1) is 13.5. The van der Waals surface area contributed by atoms with E-state index in [9.17, 15) is 9.59 Å².